The number of anilines is 1. The minimum atomic E-state index is 0.0808. The van der Waals surface area contributed by atoms with Crippen molar-refractivity contribution in [1.29, 1.82) is 0 Å². The number of rotatable bonds is 1. The lowest BCUT2D eigenvalue weighted by Crippen LogP contribution is -2.07. The third-order valence-electron chi connectivity index (χ3n) is 4.03. The molecule has 21 heavy (non-hydrogen) atoms. The molecule has 2 aliphatic rings. The van der Waals surface area contributed by atoms with Crippen LogP contribution in [0, 0.1) is 0 Å². The lowest BCUT2D eigenvalue weighted by atomic mass is 9.94. The summed E-state index contributed by atoms with van der Waals surface area (Å²) in [6, 6.07) is 0. The van der Waals surface area contributed by atoms with Crippen molar-refractivity contribution < 1.29 is 14.0 Å². The van der Waals surface area contributed by atoms with Crippen LogP contribution in [0.2, 0.25) is 5.02 Å². The van der Waals surface area contributed by atoms with E-state index in [4.69, 9.17) is 31.3 Å². The highest BCUT2D eigenvalue weighted by Crippen LogP contribution is 2.53. The first-order valence-corrected chi connectivity index (χ1v) is 7.35. The summed E-state index contributed by atoms with van der Waals surface area (Å²) >= 11 is 6.53. The van der Waals surface area contributed by atoms with Crippen LogP contribution in [0.1, 0.15) is 25.0 Å². The molecule has 0 amide bonds. The molecule has 5 nitrogen and oxygen atoms in total. The first kappa shape index (κ1) is 12.8. The average molecular weight is 307 g/mol. The number of halogens is 1. The number of ether oxygens (including phenoxy) is 2. The zero-order chi connectivity index (χ0) is 14.7. The molecule has 2 unspecified atom stereocenters. The van der Waals surface area contributed by atoms with Gasteiger partial charge in [-0.1, -0.05) is 16.8 Å². The minimum Gasteiger partial charge on any atom is -0.489 e. The molecule has 110 valence electrons. The highest BCUT2D eigenvalue weighted by Gasteiger charge is 2.36. The SMILES string of the molecule is CC1Cc2c(c(Cl)c3c(c2-c2cnoc2N)OC(C)C3)O1. The minimum absolute atomic E-state index is 0.0808. The second-order valence-electron chi connectivity index (χ2n) is 5.67. The number of hydrogen-bond acceptors (Lipinski definition) is 5. The highest BCUT2D eigenvalue weighted by atomic mass is 35.5. The third-order valence-corrected chi connectivity index (χ3v) is 4.43. The summed E-state index contributed by atoms with van der Waals surface area (Å²) < 4.78 is 16.9. The number of aromatic nitrogens is 1. The Labute approximate surface area is 127 Å². The Balaban J connectivity index is 2.04. The Morgan fingerprint density at radius 1 is 1.14 bits per heavy atom. The second kappa shape index (κ2) is 4.31. The number of hydrogen-bond donors (Lipinski definition) is 1. The molecule has 0 radical (unpaired) electrons. The Kier molecular flexibility index (Phi) is 2.63. The normalized spacial score (nSPS) is 22.6. The topological polar surface area (TPSA) is 70.5 Å². The van der Waals surface area contributed by atoms with Crippen LogP contribution in [0.4, 0.5) is 5.88 Å². The van der Waals surface area contributed by atoms with Gasteiger partial charge in [0.25, 0.3) is 0 Å². The molecule has 0 spiro atoms. The van der Waals surface area contributed by atoms with Gasteiger partial charge in [-0.15, -0.1) is 0 Å². The van der Waals surface area contributed by atoms with E-state index in [1.165, 1.54) is 0 Å². The number of nitrogens with zero attached hydrogens (tertiary/aromatic N) is 1. The maximum absolute atomic E-state index is 6.53. The van der Waals surface area contributed by atoms with E-state index in [9.17, 15) is 0 Å². The van der Waals surface area contributed by atoms with Crippen molar-refractivity contribution in [2.75, 3.05) is 5.73 Å². The van der Waals surface area contributed by atoms with Gasteiger partial charge in [0.15, 0.2) is 0 Å². The molecule has 0 fully saturated rings. The van der Waals surface area contributed by atoms with Gasteiger partial charge in [-0.3, -0.25) is 0 Å². The van der Waals surface area contributed by atoms with Gasteiger partial charge >= 0.3 is 0 Å². The fraction of sp³-hybridized carbons (Fsp3) is 0.400. The molecule has 2 N–H and O–H groups in total. The first-order chi connectivity index (χ1) is 10.1. The standard InChI is InChI=1S/C15H15ClN2O3/c1-6-3-8-11(10-5-18-21-15(10)17)13-9(4-7(2)19-13)12(16)14(8)20-6/h5-7H,3-4,17H2,1-2H3. The van der Waals surface area contributed by atoms with Crippen LogP contribution in [0.5, 0.6) is 11.5 Å². The van der Waals surface area contributed by atoms with Crippen LogP contribution in [0.15, 0.2) is 10.7 Å². The van der Waals surface area contributed by atoms with E-state index in [2.05, 4.69) is 5.16 Å². The van der Waals surface area contributed by atoms with Crippen molar-refractivity contribution in [2.24, 2.45) is 0 Å². The van der Waals surface area contributed by atoms with Crippen molar-refractivity contribution >= 4 is 17.5 Å². The lowest BCUT2D eigenvalue weighted by molar-refractivity contribution is 0.254. The Bertz CT molecular complexity index is 702. The molecule has 2 atom stereocenters. The second-order valence-corrected chi connectivity index (χ2v) is 6.05. The van der Waals surface area contributed by atoms with E-state index in [1.807, 2.05) is 13.8 Å². The number of benzene rings is 1. The van der Waals surface area contributed by atoms with Gasteiger partial charge in [0.1, 0.15) is 23.7 Å². The zero-order valence-electron chi connectivity index (χ0n) is 11.8. The van der Waals surface area contributed by atoms with Crippen LogP contribution in [0.25, 0.3) is 11.1 Å². The van der Waals surface area contributed by atoms with Gasteiger partial charge in [-0.2, -0.15) is 0 Å². The fourth-order valence-electron chi connectivity index (χ4n) is 3.18. The first-order valence-electron chi connectivity index (χ1n) is 6.97. The van der Waals surface area contributed by atoms with E-state index in [1.54, 1.807) is 6.20 Å². The summed E-state index contributed by atoms with van der Waals surface area (Å²) in [5.41, 5.74) is 9.57. The number of fused-ring (bicyclic) bond motifs is 2. The van der Waals surface area contributed by atoms with Crippen molar-refractivity contribution in [3.63, 3.8) is 0 Å². The molecule has 0 saturated carbocycles. The van der Waals surface area contributed by atoms with Gasteiger partial charge in [0, 0.05) is 29.5 Å². The highest BCUT2D eigenvalue weighted by molar-refractivity contribution is 6.33. The van der Waals surface area contributed by atoms with E-state index in [0.717, 1.165) is 46.6 Å². The molecule has 2 aromatic rings. The number of nitrogens with two attached hydrogens (primary N) is 1. The smallest absolute Gasteiger partial charge is 0.230 e. The molecule has 0 bridgehead atoms. The molecule has 1 aromatic heterocycles. The summed E-state index contributed by atoms with van der Waals surface area (Å²) in [5, 5.41) is 4.44. The largest absolute Gasteiger partial charge is 0.489 e. The molecule has 2 aliphatic heterocycles. The van der Waals surface area contributed by atoms with Crippen molar-refractivity contribution in [2.45, 2.75) is 38.9 Å². The molecular formula is C15H15ClN2O3. The molecule has 0 aliphatic carbocycles. The Hall–Kier alpha value is -1.88. The number of nitrogen functional groups attached to an aromatic ring is 1. The average Bonchev–Trinajstić information content (AvgIpc) is 3.10. The van der Waals surface area contributed by atoms with Crippen molar-refractivity contribution in [3.05, 3.63) is 22.3 Å². The molecule has 1 aromatic carbocycles. The van der Waals surface area contributed by atoms with E-state index in [0.29, 0.717) is 5.02 Å². The van der Waals surface area contributed by atoms with Crippen LogP contribution >= 0.6 is 11.6 Å². The van der Waals surface area contributed by atoms with E-state index in [-0.39, 0.29) is 18.1 Å². The molecule has 4 rings (SSSR count). The molecule has 0 saturated heterocycles. The summed E-state index contributed by atoms with van der Waals surface area (Å²) in [4.78, 5) is 0. The van der Waals surface area contributed by atoms with Crippen LogP contribution in [0.3, 0.4) is 0 Å². The molecule has 3 heterocycles. The van der Waals surface area contributed by atoms with E-state index >= 15 is 0 Å². The maximum Gasteiger partial charge on any atom is 0.230 e. The predicted octanol–water partition coefficient (Wildman–Crippen LogP) is 3.22. The maximum atomic E-state index is 6.53. The van der Waals surface area contributed by atoms with Crippen LogP contribution in [-0.4, -0.2) is 17.4 Å². The monoisotopic (exact) mass is 306 g/mol. The fourth-order valence-corrected chi connectivity index (χ4v) is 3.50. The summed E-state index contributed by atoms with van der Waals surface area (Å²) in [7, 11) is 0. The van der Waals surface area contributed by atoms with Crippen molar-refractivity contribution in [1.82, 2.24) is 5.16 Å². The third kappa shape index (κ3) is 1.73. The Morgan fingerprint density at radius 2 is 1.81 bits per heavy atom. The molecule has 6 heteroatoms. The summed E-state index contributed by atoms with van der Waals surface area (Å²) in [5.74, 6) is 1.82. The van der Waals surface area contributed by atoms with Gasteiger partial charge in [-0.25, -0.2) is 0 Å². The van der Waals surface area contributed by atoms with Crippen LogP contribution in [-0.2, 0) is 12.8 Å². The lowest BCUT2D eigenvalue weighted by Gasteiger charge is -2.14. The van der Waals surface area contributed by atoms with Crippen molar-refractivity contribution in [3.8, 4) is 22.6 Å². The van der Waals surface area contributed by atoms with Gasteiger partial charge in [0.05, 0.1) is 16.8 Å². The zero-order valence-corrected chi connectivity index (χ0v) is 12.5. The summed E-state index contributed by atoms with van der Waals surface area (Å²) in [6.45, 7) is 4.04. The van der Waals surface area contributed by atoms with Gasteiger partial charge in [-0.05, 0) is 13.8 Å². The quantitative estimate of drug-likeness (QED) is 0.876. The Morgan fingerprint density at radius 3 is 2.48 bits per heavy atom. The van der Waals surface area contributed by atoms with Gasteiger partial charge < -0.3 is 19.7 Å². The van der Waals surface area contributed by atoms with E-state index < -0.39 is 0 Å². The van der Waals surface area contributed by atoms with Crippen LogP contribution < -0.4 is 15.2 Å². The van der Waals surface area contributed by atoms with Gasteiger partial charge in [0.2, 0.25) is 5.88 Å². The predicted molar refractivity (Wildman–Crippen MR) is 78.9 cm³/mol. The summed E-state index contributed by atoms with van der Waals surface area (Å²) in [6.07, 6.45) is 3.31. The molecular weight excluding hydrogens is 292 g/mol.